The number of guanidine groups is 1. The van der Waals surface area contributed by atoms with Crippen molar-refractivity contribution in [2.24, 2.45) is 10.9 Å². The number of rotatable bonds is 8. The van der Waals surface area contributed by atoms with Crippen LogP contribution >= 0.6 is 11.3 Å². The molecular weight excluding hydrogens is 280 g/mol. The summed E-state index contributed by atoms with van der Waals surface area (Å²) >= 11 is 1.82. The van der Waals surface area contributed by atoms with Crippen molar-refractivity contribution in [1.82, 2.24) is 15.5 Å². The van der Waals surface area contributed by atoms with Gasteiger partial charge in [0.2, 0.25) is 0 Å². The molecule has 1 unspecified atom stereocenters. The van der Waals surface area contributed by atoms with E-state index in [2.05, 4.69) is 54.1 Å². The highest BCUT2D eigenvalue weighted by molar-refractivity contribution is 7.09. The van der Waals surface area contributed by atoms with Crippen LogP contribution in [0.3, 0.4) is 0 Å². The van der Waals surface area contributed by atoms with Crippen molar-refractivity contribution < 1.29 is 0 Å². The molecule has 1 aromatic heterocycles. The summed E-state index contributed by atoms with van der Waals surface area (Å²) in [5, 5.41) is 8.91. The lowest BCUT2D eigenvalue weighted by Gasteiger charge is -2.22. The molecule has 0 spiro atoms. The molecule has 4 nitrogen and oxygen atoms in total. The minimum atomic E-state index is 0.581. The SMILES string of the molecule is CCNC(=NCC(C1CC1)N(C)C)NCCc1cccs1. The molecular formula is C16H28N4S. The Labute approximate surface area is 132 Å². The number of hydrogen-bond acceptors (Lipinski definition) is 3. The zero-order chi connectivity index (χ0) is 15.1. The van der Waals surface area contributed by atoms with E-state index in [1.165, 1.54) is 17.7 Å². The molecule has 0 aliphatic heterocycles. The van der Waals surface area contributed by atoms with Crippen LogP contribution in [0.5, 0.6) is 0 Å². The maximum absolute atomic E-state index is 4.77. The van der Waals surface area contributed by atoms with E-state index in [0.717, 1.165) is 37.9 Å². The van der Waals surface area contributed by atoms with Crippen molar-refractivity contribution in [3.63, 3.8) is 0 Å². The maximum Gasteiger partial charge on any atom is 0.191 e. The second-order valence-corrected chi connectivity index (χ2v) is 6.88. The van der Waals surface area contributed by atoms with Gasteiger partial charge >= 0.3 is 0 Å². The van der Waals surface area contributed by atoms with Gasteiger partial charge in [0.15, 0.2) is 5.96 Å². The van der Waals surface area contributed by atoms with Crippen molar-refractivity contribution >= 4 is 17.3 Å². The Bertz CT molecular complexity index is 421. The second kappa shape index (κ2) is 8.39. The predicted octanol–water partition coefficient (Wildman–Crippen LogP) is 2.19. The summed E-state index contributed by atoms with van der Waals surface area (Å²) in [6.45, 7) is 4.83. The highest BCUT2D eigenvalue weighted by Crippen LogP contribution is 2.34. The van der Waals surface area contributed by atoms with Crippen molar-refractivity contribution in [3.05, 3.63) is 22.4 Å². The van der Waals surface area contributed by atoms with E-state index in [4.69, 9.17) is 4.99 Å². The lowest BCUT2D eigenvalue weighted by Crippen LogP contribution is -2.40. The van der Waals surface area contributed by atoms with Gasteiger partial charge in [0, 0.05) is 24.0 Å². The van der Waals surface area contributed by atoms with Gasteiger partial charge in [-0.25, -0.2) is 0 Å². The van der Waals surface area contributed by atoms with Gasteiger partial charge in [-0.15, -0.1) is 11.3 Å². The first-order valence-corrected chi connectivity index (χ1v) is 8.79. The van der Waals surface area contributed by atoms with Crippen LogP contribution in [0.15, 0.2) is 22.5 Å². The summed E-state index contributed by atoms with van der Waals surface area (Å²) in [7, 11) is 4.32. The third-order valence-electron chi connectivity index (χ3n) is 3.85. The van der Waals surface area contributed by atoms with E-state index in [1.54, 1.807) is 0 Å². The van der Waals surface area contributed by atoms with Gasteiger partial charge in [0.05, 0.1) is 6.54 Å². The van der Waals surface area contributed by atoms with Crippen LogP contribution in [0.4, 0.5) is 0 Å². The summed E-state index contributed by atoms with van der Waals surface area (Å²) in [6.07, 6.45) is 3.78. The fourth-order valence-corrected chi connectivity index (χ4v) is 3.21. The lowest BCUT2D eigenvalue weighted by atomic mass is 10.2. The third-order valence-corrected chi connectivity index (χ3v) is 4.79. The molecule has 1 aliphatic rings. The number of nitrogens with zero attached hydrogens (tertiary/aromatic N) is 2. The van der Waals surface area contributed by atoms with Gasteiger partial charge < -0.3 is 15.5 Å². The first-order chi connectivity index (χ1) is 10.2. The fraction of sp³-hybridized carbons (Fsp3) is 0.688. The predicted molar refractivity (Wildman–Crippen MR) is 92.2 cm³/mol. The summed E-state index contributed by atoms with van der Waals surface area (Å²) in [5.74, 6) is 1.79. The third kappa shape index (κ3) is 5.67. The molecule has 0 bridgehead atoms. The Kier molecular flexibility index (Phi) is 6.51. The number of thiophene rings is 1. The van der Waals surface area contributed by atoms with Gasteiger partial charge in [0.25, 0.3) is 0 Å². The maximum atomic E-state index is 4.77. The fourth-order valence-electron chi connectivity index (χ4n) is 2.50. The Hall–Kier alpha value is -1.07. The van der Waals surface area contributed by atoms with Gasteiger partial charge in [-0.1, -0.05) is 6.07 Å². The molecule has 0 aromatic carbocycles. The number of likely N-dealkylation sites (N-methyl/N-ethyl adjacent to an activating group) is 1. The smallest absolute Gasteiger partial charge is 0.191 e. The quantitative estimate of drug-likeness (QED) is 0.571. The van der Waals surface area contributed by atoms with Gasteiger partial charge in [-0.3, -0.25) is 4.99 Å². The molecule has 5 heteroatoms. The number of aliphatic imine (C=N–C) groups is 1. The van der Waals surface area contributed by atoms with Crippen molar-refractivity contribution in [2.45, 2.75) is 32.2 Å². The molecule has 0 saturated heterocycles. The van der Waals surface area contributed by atoms with E-state index in [0.29, 0.717) is 6.04 Å². The Morgan fingerprint density at radius 3 is 2.81 bits per heavy atom. The zero-order valence-corrected chi connectivity index (χ0v) is 14.2. The summed E-state index contributed by atoms with van der Waals surface area (Å²) in [4.78, 5) is 8.51. The molecule has 1 saturated carbocycles. The monoisotopic (exact) mass is 308 g/mol. The summed E-state index contributed by atoms with van der Waals surface area (Å²) < 4.78 is 0. The lowest BCUT2D eigenvalue weighted by molar-refractivity contribution is 0.271. The van der Waals surface area contributed by atoms with Crippen LogP contribution < -0.4 is 10.6 Å². The molecule has 1 aliphatic carbocycles. The number of hydrogen-bond donors (Lipinski definition) is 2. The Morgan fingerprint density at radius 2 is 2.24 bits per heavy atom. The molecule has 2 N–H and O–H groups in total. The summed E-state index contributed by atoms with van der Waals surface area (Å²) in [6, 6.07) is 4.88. The van der Waals surface area contributed by atoms with Crippen LogP contribution in [-0.4, -0.2) is 50.6 Å². The normalized spacial score (nSPS) is 17.0. The largest absolute Gasteiger partial charge is 0.357 e. The van der Waals surface area contributed by atoms with Crippen LogP contribution in [-0.2, 0) is 6.42 Å². The van der Waals surface area contributed by atoms with Crippen molar-refractivity contribution in [3.8, 4) is 0 Å². The Morgan fingerprint density at radius 1 is 1.43 bits per heavy atom. The zero-order valence-electron chi connectivity index (χ0n) is 13.4. The minimum absolute atomic E-state index is 0.581. The molecule has 2 rings (SSSR count). The average molecular weight is 308 g/mol. The van der Waals surface area contributed by atoms with Crippen molar-refractivity contribution in [2.75, 3.05) is 33.7 Å². The van der Waals surface area contributed by atoms with E-state index in [9.17, 15) is 0 Å². The molecule has 0 amide bonds. The van der Waals surface area contributed by atoms with Crippen LogP contribution in [0.1, 0.15) is 24.6 Å². The van der Waals surface area contributed by atoms with E-state index in [1.807, 2.05) is 11.3 Å². The van der Waals surface area contributed by atoms with E-state index >= 15 is 0 Å². The summed E-state index contributed by atoms with van der Waals surface area (Å²) in [5.41, 5.74) is 0. The topological polar surface area (TPSA) is 39.7 Å². The molecule has 1 fully saturated rings. The molecule has 118 valence electrons. The van der Waals surface area contributed by atoms with E-state index < -0.39 is 0 Å². The van der Waals surface area contributed by atoms with Crippen LogP contribution in [0, 0.1) is 5.92 Å². The minimum Gasteiger partial charge on any atom is -0.357 e. The molecule has 21 heavy (non-hydrogen) atoms. The second-order valence-electron chi connectivity index (χ2n) is 5.84. The van der Waals surface area contributed by atoms with E-state index in [-0.39, 0.29) is 0 Å². The average Bonchev–Trinajstić information content (AvgIpc) is 3.14. The molecule has 0 radical (unpaired) electrons. The van der Waals surface area contributed by atoms with Crippen LogP contribution in [0.25, 0.3) is 0 Å². The molecule has 1 atom stereocenters. The van der Waals surface area contributed by atoms with Crippen LogP contribution in [0.2, 0.25) is 0 Å². The van der Waals surface area contributed by atoms with Gasteiger partial charge in [-0.05, 0) is 57.6 Å². The highest BCUT2D eigenvalue weighted by atomic mass is 32.1. The molecule has 1 aromatic rings. The van der Waals surface area contributed by atoms with Crippen molar-refractivity contribution in [1.29, 1.82) is 0 Å². The first kappa shape index (κ1) is 16.3. The van der Waals surface area contributed by atoms with Gasteiger partial charge in [0.1, 0.15) is 0 Å². The standard InChI is InChI=1S/C16H28N4S/c1-4-17-16(18-10-9-14-6-5-11-21-14)19-12-15(20(2)3)13-7-8-13/h5-6,11,13,15H,4,7-10,12H2,1-3H3,(H2,17,18,19). The molecule has 1 heterocycles. The highest BCUT2D eigenvalue weighted by Gasteiger charge is 2.32. The van der Waals surface area contributed by atoms with Gasteiger partial charge in [-0.2, -0.15) is 0 Å². The number of nitrogens with one attached hydrogen (secondary N) is 2. The first-order valence-electron chi connectivity index (χ1n) is 7.91. The Balaban J connectivity index is 1.80.